The summed E-state index contributed by atoms with van der Waals surface area (Å²) >= 11 is 0. The number of hydrogen-bond donors (Lipinski definition) is 1. The zero-order valence-electron chi connectivity index (χ0n) is 17.2. The van der Waals surface area contributed by atoms with Gasteiger partial charge in [-0.1, -0.05) is 6.07 Å². The van der Waals surface area contributed by atoms with Gasteiger partial charge in [0, 0.05) is 58.1 Å². The van der Waals surface area contributed by atoms with Crippen LogP contribution in [0.25, 0.3) is 0 Å². The lowest BCUT2D eigenvalue weighted by molar-refractivity contribution is -0.158. The number of rotatable bonds is 4. The molecule has 4 rings (SSSR count). The van der Waals surface area contributed by atoms with E-state index in [2.05, 4.69) is 45.8 Å². The fraction of sp³-hybridized carbons (Fsp3) is 0.714. The van der Waals surface area contributed by atoms with Crippen LogP contribution >= 0.6 is 0 Å². The molecule has 0 aromatic carbocycles. The van der Waals surface area contributed by atoms with Crippen molar-refractivity contribution in [2.75, 3.05) is 64.8 Å². The standard InChI is InChI=1S/C21H33N5O2/c1-23-10-12-25(13-11-23)15-17-4-5-19(22-14-17)26-9-7-21(20(27)28)6-3-8-24(2)18(21)16-26/h4-5,14,18H,3,6-13,15-16H2,1-2H3,(H,27,28)/t18-,21+/m1/s1. The van der Waals surface area contributed by atoms with Crippen LogP contribution in [0, 0.1) is 5.41 Å². The lowest BCUT2D eigenvalue weighted by Crippen LogP contribution is -2.63. The van der Waals surface area contributed by atoms with Gasteiger partial charge in [0.1, 0.15) is 5.82 Å². The molecule has 0 bridgehead atoms. The fourth-order valence-electron chi connectivity index (χ4n) is 5.15. The summed E-state index contributed by atoms with van der Waals surface area (Å²) in [6.07, 6.45) is 4.46. The molecule has 1 N–H and O–H groups in total. The molecule has 1 aromatic heterocycles. The summed E-state index contributed by atoms with van der Waals surface area (Å²) in [6.45, 7) is 7.90. The molecule has 0 aliphatic carbocycles. The summed E-state index contributed by atoms with van der Waals surface area (Å²) < 4.78 is 0. The molecular weight excluding hydrogens is 354 g/mol. The highest BCUT2D eigenvalue weighted by molar-refractivity contribution is 5.76. The zero-order valence-corrected chi connectivity index (χ0v) is 17.2. The minimum absolute atomic E-state index is 0.0549. The smallest absolute Gasteiger partial charge is 0.311 e. The van der Waals surface area contributed by atoms with Crippen molar-refractivity contribution in [3.05, 3.63) is 23.9 Å². The first-order chi connectivity index (χ1) is 13.5. The fourth-order valence-corrected chi connectivity index (χ4v) is 5.15. The first-order valence-electron chi connectivity index (χ1n) is 10.5. The van der Waals surface area contributed by atoms with E-state index in [1.807, 2.05) is 6.20 Å². The van der Waals surface area contributed by atoms with Crippen LogP contribution < -0.4 is 4.90 Å². The Hall–Kier alpha value is -1.70. The van der Waals surface area contributed by atoms with Crippen LogP contribution in [0.1, 0.15) is 24.8 Å². The molecule has 0 radical (unpaired) electrons. The number of fused-ring (bicyclic) bond motifs is 1. The molecule has 0 unspecified atom stereocenters. The third-order valence-corrected chi connectivity index (χ3v) is 7.09. The van der Waals surface area contributed by atoms with Crippen molar-refractivity contribution in [3.63, 3.8) is 0 Å². The summed E-state index contributed by atoms with van der Waals surface area (Å²) in [5.74, 6) is 0.347. The van der Waals surface area contributed by atoms with E-state index in [1.165, 1.54) is 5.56 Å². The molecule has 28 heavy (non-hydrogen) atoms. The Morgan fingerprint density at radius 2 is 1.93 bits per heavy atom. The van der Waals surface area contributed by atoms with E-state index in [1.54, 1.807) is 0 Å². The monoisotopic (exact) mass is 387 g/mol. The molecule has 7 heteroatoms. The molecular formula is C21H33N5O2. The predicted molar refractivity (Wildman–Crippen MR) is 110 cm³/mol. The Morgan fingerprint density at radius 3 is 2.61 bits per heavy atom. The molecule has 1 aromatic rings. The number of pyridine rings is 1. The highest BCUT2D eigenvalue weighted by Gasteiger charge is 2.52. The number of hydrogen-bond acceptors (Lipinski definition) is 6. The van der Waals surface area contributed by atoms with Crippen molar-refractivity contribution in [2.45, 2.75) is 31.8 Å². The normalized spacial score (nSPS) is 30.2. The van der Waals surface area contributed by atoms with Crippen molar-refractivity contribution >= 4 is 11.8 Å². The summed E-state index contributed by atoms with van der Waals surface area (Å²) in [4.78, 5) is 26.2. The third-order valence-electron chi connectivity index (χ3n) is 7.09. The number of carboxylic acid groups (broad SMARTS) is 1. The van der Waals surface area contributed by atoms with Crippen molar-refractivity contribution in [3.8, 4) is 0 Å². The molecule has 0 spiro atoms. The molecule has 3 saturated heterocycles. The van der Waals surface area contributed by atoms with Gasteiger partial charge in [-0.2, -0.15) is 0 Å². The van der Waals surface area contributed by atoms with E-state index in [-0.39, 0.29) is 6.04 Å². The van der Waals surface area contributed by atoms with Gasteiger partial charge in [-0.05, 0) is 51.5 Å². The van der Waals surface area contributed by atoms with E-state index in [0.29, 0.717) is 6.42 Å². The van der Waals surface area contributed by atoms with Crippen LogP contribution in [0.5, 0.6) is 0 Å². The molecule has 2 atom stereocenters. The number of likely N-dealkylation sites (tertiary alicyclic amines) is 1. The van der Waals surface area contributed by atoms with Gasteiger partial charge in [-0.25, -0.2) is 4.98 Å². The minimum atomic E-state index is -0.626. The van der Waals surface area contributed by atoms with Crippen molar-refractivity contribution < 1.29 is 9.90 Å². The summed E-state index contributed by atoms with van der Waals surface area (Å²) in [5, 5.41) is 9.94. The lowest BCUT2D eigenvalue weighted by atomic mass is 9.68. The number of aromatic nitrogens is 1. The van der Waals surface area contributed by atoms with E-state index in [4.69, 9.17) is 4.98 Å². The first-order valence-corrected chi connectivity index (χ1v) is 10.5. The van der Waals surface area contributed by atoms with Gasteiger partial charge in [-0.3, -0.25) is 9.69 Å². The largest absolute Gasteiger partial charge is 0.481 e. The van der Waals surface area contributed by atoms with E-state index in [9.17, 15) is 9.90 Å². The maximum Gasteiger partial charge on any atom is 0.311 e. The van der Waals surface area contributed by atoms with Crippen molar-refractivity contribution in [2.24, 2.45) is 5.41 Å². The second kappa shape index (κ2) is 7.97. The quantitative estimate of drug-likeness (QED) is 0.833. The highest BCUT2D eigenvalue weighted by Crippen LogP contribution is 2.42. The Morgan fingerprint density at radius 1 is 1.14 bits per heavy atom. The molecule has 3 aliphatic heterocycles. The first kappa shape index (κ1) is 19.6. The summed E-state index contributed by atoms with van der Waals surface area (Å²) in [6, 6.07) is 4.35. The Kier molecular flexibility index (Phi) is 5.58. The van der Waals surface area contributed by atoms with Gasteiger partial charge in [0.2, 0.25) is 0 Å². The average molecular weight is 388 g/mol. The van der Waals surface area contributed by atoms with Crippen molar-refractivity contribution in [1.29, 1.82) is 0 Å². The van der Waals surface area contributed by atoms with Crippen LogP contribution in [0.2, 0.25) is 0 Å². The number of carbonyl (C=O) groups is 1. The number of nitrogens with zero attached hydrogens (tertiary/aromatic N) is 5. The van der Waals surface area contributed by atoms with Gasteiger partial charge >= 0.3 is 5.97 Å². The third kappa shape index (κ3) is 3.75. The zero-order chi connectivity index (χ0) is 19.7. The predicted octanol–water partition coefficient (Wildman–Crippen LogP) is 1.20. The van der Waals surface area contributed by atoms with Crippen molar-refractivity contribution in [1.82, 2.24) is 19.7 Å². The number of aliphatic carboxylic acids is 1. The van der Waals surface area contributed by atoms with E-state index in [0.717, 1.165) is 71.0 Å². The summed E-state index contributed by atoms with van der Waals surface area (Å²) in [5.41, 5.74) is 0.658. The van der Waals surface area contributed by atoms with Crippen LogP contribution in [0.15, 0.2) is 18.3 Å². The molecule has 3 aliphatic rings. The molecule has 0 amide bonds. The summed E-state index contributed by atoms with van der Waals surface area (Å²) in [7, 11) is 4.24. The van der Waals surface area contributed by atoms with E-state index >= 15 is 0 Å². The van der Waals surface area contributed by atoms with Gasteiger partial charge < -0.3 is 19.8 Å². The number of carboxylic acids is 1. The minimum Gasteiger partial charge on any atom is -0.481 e. The molecule has 7 nitrogen and oxygen atoms in total. The topological polar surface area (TPSA) is 63.1 Å². The van der Waals surface area contributed by atoms with E-state index < -0.39 is 11.4 Å². The number of anilines is 1. The average Bonchev–Trinajstić information content (AvgIpc) is 2.70. The van der Waals surface area contributed by atoms with Crippen LogP contribution in [-0.4, -0.2) is 96.7 Å². The maximum absolute atomic E-state index is 12.1. The Bertz CT molecular complexity index is 689. The molecule has 154 valence electrons. The van der Waals surface area contributed by atoms with Crippen LogP contribution in [0.3, 0.4) is 0 Å². The Labute approximate surface area is 167 Å². The molecule has 4 heterocycles. The maximum atomic E-state index is 12.1. The van der Waals surface area contributed by atoms with Gasteiger partial charge in [-0.15, -0.1) is 0 Å². The SMILES string of the molecule is CN1CCN(Cc2ccc(N3CC[C@@]4(C(=O)O)CCCN(C)[C@@H]4C3)nc2)CC1. The second-order valence-corrected chi connectivity index (χ2v) is 8.86. The van der Waals surface area contributed by atoms with Gasteiger partial charge in [0.15, 0.2) is 0 Å². The number of piperidine rings is 2. The number of likely N-dealkylation sites (N-methyl/N-ethyl adjacent to an activating group) is 2. The highest BCUT2D eigenvalue weighted by atomic mass is 16.4. The second-order valence-electron chi connectivity index (χ2n) is 8.86. The van der Waals surface area contributed by atoms with Gasteiger partial charge in [0.25, 0.3) is 0 Å². The molecule has 0 saturated carbocycles. The Balaban J connectivity index is 1.41. The van der Waals surface area contributed by atoms with Crippen LogP contribution in [-0.2, 0) is 11.3 Å². The molecule has 3 fully saturated rings. The van der Waals surface area contributed by atoms with Crippen LogP contribution in [0.4, 0.5) is 5.82 Å². The number of piperazine rings is 1. The lowest BCUT2D eigenvalue weighted by Gasteiger charge is -2.52. The van der Waals surface area contributed by atoms with Gasteiger partial charge in [0.05, 0.1) is 5.41 Å².